The van der Waals surface area contributed by atoms with Crippen LogP contribution in [0.25, 0.3) is 92.2 Å². The highest BCUT2D eigenvalue weighted by Gasteiger charge is 2.20. The number of thiophene rings is 1. The summed E-state index contributed by atoms with van der Waals surface area (Å²) in [5, 5.41) is 5.16. The highest BCUT2D eigenvalue weighted by molar-refractivity contribution is 7.25. The van der Waals surface area contributed by atoms with Crippen molar-refractivity contribution in [3.8, 4) is 55.9 Å². The van der Waals surface area contributed by atoms with Gasteiger partial charge >= 0.3 is 0 Å². The number of ether oxygens (including phenoxy) is 1. The van der Waals surface area contributed by atoms with Crippen molar-refractivity contribution in [1.29, 1.82) is 0 Å². The standard InChI is InChI=1S/C49H31NOS/c1-2-9-31(10-3-1)33-17-18-37-30-51-47-23-20-35(28-43(47)41(37)26-33)32-11-8-12-38(25-32)50-45-15-6-4-13-39(45)42-27-34(19-22-46(42)50)36-21-24-49-44(29-36)40-14-5-7-16-48(40)52-49/h1-29H,30H2. The van der Waals surface area contributed by atoms with E-state index in [4.69, 9.17) is 4.74 Å². The number of hydrogen-bond acceptors (Lipinski definition) is 2. The van der Waals surface area contributed by atoms with Crippen LogP contribution in [0.3, 0.4) is 0 Å². The number of fused-ring (bicyclic) bond motifs is 9. The highest BCUT2D eigenvalue weighted by atomic mass is 32.1. The van der Waals surface area contributed by atoms with Gasteiger partial charge in [0.2, 0.25) is 0 Å². The van der Waals surface area contributed by atoms with Crippen LogP contribution in [-0.4, -0.2) is 4.57 Å². The number of nitrogens with zero attached hydrogens (tertiary/aromatic N) is 1. The van der Waals surface area contributed by atoms with Crippen LogP contribution in [0, 0.1) is 0 Å². The summed E-state index contributed by atoms with van der Waals surface area (Å²) in [6.07, 6.45) is 0. The molecule has 8 aromatic carbocycles. The van der Waals surface area contributed by atoms with Crippen LogP contribution in [0.1, 0.15) is 5.56 Å². The molecule has 0 N–H and O–H groups in total. The smallest absolute Gasteiger partial charge is 0.127 e. The molecule has 3 heterocycles. The van der Waals surface area contributed by atoms with Gasteiger partial charge in [-0.2, -0.15) is 0 Å². The molecule has 0 atom stereocenters. The zero-order chi connectivity index (χ0) is 34.2. The summed E-state index contributed by atoms with van der Waals surface area (Å²) in [5.41, 5.74) is 14.4. The number of para-hydroxylation sites is 1. The third-order valence-corrected chi connectivity index (χ3v) is 11.8. The summed E-state index contributed by atoms with van der Waals surface area (Å²) in [7, 11) is 0. The van der Waals surface area contributed by atoms with E-state index < -0.39 is 0 Å². The third-order valence-electron chi connectivity index (χ3n) is 10.7. The van der Waals surface area contributed by atoms with Crippen LogP contribution >= 0.6 is 11.3 Å². The maximum absolute atomic E-state index is 6.24. The Balaban J connectivity index is 1.02. The lowest BCUT2D eigenvalue weighted by Gasteiger charge is -2.22. The SMILES string of the molecule is c1ccc(-c2ccc3c(c2)-c2cc(-c4cccc(-n5c6ccccc6c6cc(-c7ccc8sc9ccccc9c8c7)ccc65)c4)ccc2OC3)cc1. The Hall–Kier alpha value is -6.42. The normalized spacial score (nSPS) is 12.3. The highest BCUT2D eigenvalue weighted by Crippen LogP contribution is 2.43. The minimum Gasteiger partial charge on any atom is -0.488 e. The van der Waals surface area contributed by atoms with Gasteiger partial charge in [-0.15, -0.1) is 11.3 Å². The maximum Gasteiger partial charge on any atom is 0.127 e. The molecule has 11 rings (SSSR count). The summed E-state index contributed by atoms with van der Waals surface area (Å²) in [4.78, 5) is 0. The Morgan fingerprint density at radius 1 is 0.404 bits per heavy atom. The summed E-state index contributed by atoms with van der Waals surface area (Å²) >= 11 is 1.86. The van der Waals surface area contributed by atoms with E-state index in [9.17, 15) is 0 Å². The van der Waals surface area contributed by atoms with E-state index in [0.717, 1.165) is 17.0 Å². The van der Waals surface area contributed by atoms with Gasteiger partial charge in [-0.3, -0.25) is 0 Å². The van der Waals surface area contributed by atoms with Gasteiger partial charge in [0.1, 0.15) is 12.4 Å². The summed E-state index contributed by atoms with van der Waals surface area (Å²) in [5.74, 6) is 0.933. The first-order valence-electron chi connectivity index (χ1n) is 17.8. The molecule has 0 saturated carbocycles. The lowest BCUT2D eigenvalue weighted by atomic mass is 9.91. The van der Waals surface area contributed by atoms with Gasteiger partial charge in [0.05, 0.1) is 11.0 Å². The molecule has 0 fully saturated rings. The van der Waals surface area contributed by atoms with Gasteiger partial charge in [0.15, 0.2) is 0 Å². The predicted molar refractivity (Wildman–Crippen MR) is 220 cm³/mol. The Bertz CT molecular complexity index is 3020. The molecule has 0 amide bonds. The summed E-state index contributed by atoms with van der Waals surface area (Å²) < 4.78 is 11.3. The van der Waals surface area contributed by atoms with Crippen molar-refractivity contribution in [1.82, 2.24) is 4.57 Å². The molecule has 10 aromatic rings. The third kappa shape index (κ3) is 4.63. The number of aromatic nitrogens is 1. The molecular formula is C49H31NOS. The minimum absolute atomic E-state index is 0.585. The van der Waals surface area contributed by atoms with Gasteiger partial charge in [-0.1, -0.05) is 109 Å². The topological polar surface area (TPSA) is 14.2 Å². The molecule has 2 nitrogen and oxygen atoms in total. The van der Waals surface area contributed by atoms with Crippen molar-refractivity contribution in [3.05, 3.63) is 181 Å². The van der Waals surface area contributed by atoms with Crippen LogP contribution in [-0.2, 0) is 6.61 Å². The van der Waals surface area contributed by atoms with E-state index >= 15 is 0 Å². The number of benzene rings is 8. The van der Waals surface area contributed by atoms with Crippen molar-refractivity contribution >= 4 is 53.3 Å². The molecule has 3 heteroatoms. The van der Waals surface area contributed by atoms with Crippen LogP contribution in [0.5, 0.6) is 5.75 Å². The number of rotatable bonds is 4. The maximum atomic E-state index is 6.24. The summed E-state index contributed by atoms with van der Waals surface area (Å²) in [6.45, 7) is 0.585. The van der Waals surface area contributed by atoms with Crippen LogP contribution in [0.4, 0.5) is 0 Å². The van der Waals surface area contributed by atoms with E-state index in [1.54, 1.807) is 0 Å². The Morgan fingerprint density at radius 2 is 1.04 bits per heavy atom. The summed E-state index contributed by atoms with van der Waals surface area (Å²) in [6, 6.07) is 64.3. The van der Waals surface area contributed by atoms with Gasteiger partial charge < -0.3 is 9.30 Å². The fourth-order valence-corrected chi connectivity index (χ4v) is 9.21. The molecule has 0 unspecified atom stereocenters. The fraction of sp³-hybridized carbons (Fsp3) is 0.0204. The zero-order valence-corrected chi connectivity index (χ0v) is 29.0. The average molecular weight is 682 g/mol. The molecule has 0 radical (unpaired) electrons. The van der Waals surface area contributed by atoms with Crippen molar-refractivity contribution in [2.75, 3.05) is 0 Å². The second-order valence-electron chi connectivity index (χ2n) is 13.7. The predicted octanol–water partition coefficient (Wildman–Crippen LogP) is 13.7. The first-order chi connectivity index (χ1) is 25.7. The zero-order valence-electron chi connectivity index (χ0n) is 28.2. The molecule has 0 bridgehead atoms. The van der Waals surface area contributed by atoms with Gasteiger partial charge in [-0.25, -0.2) is 0 Å². The molecule has 52 heavy (non-hydrogen) atoms. The van der Waals surface area contributed by atoms with Gasteiger partial charge in [0, 0.05) is 42.2 Å². The molecule has 1 aliphatic rings. The van der Waals surface area contributed by atoms with Crippen molar-refractivity contribution in [2.45, 2.75) is 6.61 Å². The van der Waals surface area contributed by atoms with Crippen LogP contribution in [0.2, 0.25) is 0 Å². The Labute approximate surface area is 305 Å². The lowest BCUT2D eigenvalue weighted by molar-refractivity contribution is 0.302. The Kier molecular flexibility index (Phi) is 6.52. The molecule has 0 spiro atoms. The fourth-order valence-electron chi connectivity index (χ4n) is 8.13. The van der Waals surface area contributed by atoms with E-state index in [0.29, 0.717) is 6.61 Å². The quantitative estimate of drug-likeness (QED) is 0.180. The van der Waals surface area contributed by atoms with Gasteiger partial charge in [0.25, 0.3) is 0 Å². The monoisotopic (exact) mass is 681 g/mol. The molecule has 0 aliphatic carbocycles. The van der Waals surface area contributed by atoms with Crippen LogP contribution < -0.4 is 4.74 Å². The Morgan fingerprint density at radius 3 is 1.96 bits per heavy atom. The van der Waals surface area contributed by atoms with Crippen molar-refractivity contribution in [3.63, 3.8) is 0 Å². The van der Waals surface area contributed by atoms with E-state index in [1.807, 2.05) is 11.3 Å². The van der Waals surface area contributed by atoms with Crippen molar-refractivity contribution < 1.29 is 4.74 Å². The van der Waals surface area contributed by atoms with E-state index in [2.05, 4.69) is 180 Å². The largest absolute Gasteiger partial charge is 0.488 e. The first kappa shape index (κ1) is 29.3. The average Bonchev–Trinajstić information content (AvgIpc) is 3.76. The molecule has 244 valence electrons. The van der Waals surface area contributed by atoms with E-state index in [-0.39, 0.29) is 0 Å². The molecule has 0 saturated heterocycles. The molecule has 2 aromatic heterocycles. The van der Waals surface area contributed by atoms with Crippen molar-refractivity contribution in [2.24, 2.45) is 0 Å². The molecule has 1 aliphatic heterocycles. The van der Waals surface area contributed by atoms with Crippen LogP contribution in [0.15, 0.2) is 176 Å². The van der Waals surface area contributed by atoms with E-state index in [1.165, 1.54) is 86.5 Å². The first-order valence-corrected chi connectivity index (χ1v) is 18.6. The lowest BCUT2D eigenvalue weighted by Crippen LogP contribution is -2.05. The second-order valence-corrected chi connectivity index (χ2v) is 14.8. The number of hydrogen-bond donors (Lipinski definition) is 0. The van der Waals surface area contributed by atoms with Gasteiger partial charge in [-0.05, 0) is 111 Å². The second kappa shape index (κ2) is 11.6. The molecular weight excluding hydrogens is 651 g/mol. The minimum atomic E-state index is 0.585.